The number of hydrogen-bond donors (Lipinski definition) is 2. The van der Waals surface area contributed by atoms with Gasteiger partial charge in [-0.15, -0.1) is 0 Å². The monoisotopic (exact) mass is 286 g/mol. The highest BCUT2D eigenvalue weighted by Gasteiger charge is 2.29. The first-order valence-corrected chi connectivity index (χ1v) is 7.34. The molecule has 19 heavy (non-hydrogen) atoms. The van der Waals surface area contributed by atoms with E-state index in [2.05, 4.69) is 0 Å². The molecule has 6 nitrogen and oxygen atoms in total. The zero-order chi connectivity index (χ0) is 14.6. The molecule has 0 aliphatic carbocycles. The number of ether oxygens (including phenoxy) is 1. The summed E-state index contributed by atoms with van der Waals surface area (Å²) >= 11 is 0. The predicted octanol–water partition coefficient (Wildman–Crippen LogP) is 0.626. The number of amides is 1. The fourth-order valence-corrected chi connectivity index (χ4v) is 2.72. The maximum absolute atomic E-state index is 12.1. The molecule has 0 aliphatic heterocycles. The lowest BCUT2D eigenvalue weighted by Gasteiger charge is -2.13. The summed E-state index contributed by atoms with van der Waals surface area (Å²) in [4.78, 5) is 11.4. The van der Waals surface area contributed by atoms with Crippen LogP contribution in [0, 0.1) is 0 Å². The predicted molar refractivity (Wildman–Crippen MR) is 71.2 cm³/mol. The van der Waals surface area contributed by atoms with Gasteiger partial charge in [-0.1, -0.05) is 0 Å². The number of rotatable bonds is 5. The summed E-state index contributed by atoms with van der Waals surface area (Å²) in [7, 11) is -3.74. The first kappa shape index (κ1) is 15.5. The van der Waals surface area contributed by atoms with Crippen LogP contribution < -0.4 is 16.0 Å². The van der Waals surface area contributed by atoms with Crippen LogP contribution in [0.3, 0.4) is 0 Å². The minimum atomic E-state index is -3.74. The molecule has 0 spiro atoms. The molecule has 0 fully saturated rings. The molecule has 0 heterocycles. The fraction of sp³-hybridized carbons (Fsp3) is 0.417. The first-order valence-electron chi connectivity index (χ1n) is 5.80. The van der Waals surface area contributed by atoms with Gasteiger partial charge in [-0.3, -0.25) is 10.2 Å². The summed E-state index contributed by atoms with van der Waals surface area (Å²) in [5.74, 6) is 4.77. The first-order chi connectivity index (χ1) is 8.78. The van der Waals surface area contributed by atoms with Gasteiger partial charge in [-0.2, -0.15) is 0 Å². The molecule has 1 atom stereocenters. The molecule has 0 aromatic heterocycles. The molecular formula is C12H18N2O4S. The number of nitrogens with one attached hydrogen (secondary N) is 1. The Morgan fingerprint density at radius 3 is 2.16 bits per heavy atom. The van der Waals surface area contributed by atoms with Crippen molar-refractivity contribution in [1.29, 1.82) is 0 Å². The summed E-state index contributed by atoms with van der Waals surface area (Å²) in [5, 5.41) is -1.24. The van der Waals surface area contributed by atoms with Crippen LogP contribution in [-0.2, 0) is 14.6 Å². The largest absolute Gasteiger partial charge is 0.491 e. The van der Waals surface area contributed by atoms with Crippen molar-refractivity contribution >= 4 is 15.7 Å². The molecular weight excluding hydrogens is 268 g/mol. The summed E-state index contributed by atoms with van der Waals surface area (Å²) in [6.45, 7) is 5.03. The second kappa shape index (κ2) is 6.03. The van der Waals surface area contributed by atoms with Crippen LogP contribution in [-0.4, -0.2) is 25.7 Å². The molecule has 1 aromatic carbocycles. The summed E-state index contributed by atoms with van der Waals surface area (Å²) in [5.41, 5.74) is 1.84. The normalized spacial score (nSPS) is 13.1. The van der Waals surface area contributed by atoms with Crippen molar-refractivity contribution in [2.45, 2.75) is 37.0 Å². The van der Waals surface area contributed by atoms with E-state index in [1.54, 1.807) is 12.1 Å². The quantitative estimate of drug-likeness (QED) is 0.470. The highest BCUT2D eigenvalue weighted by atomic mass is 32.2. The van der Waals surface area contributed by atoms with Gasteiger partial charge in [0, 0.05) is 0 Å². The third-order valence-electron chi connectivity index (χ3n) is 2.50. The van der Waals surface area contributed by atoms with Crippen molar-refractivity contribution in [2.75, 3.05) is 0 Å². The number of hydrogen-bond acceptors (Lipinski definition) is 5. The molecule has 0 saturated carbocycles. The Kier molecular flexibility index (Phi) is 4.90. The summed E-state index contributed by atoms with van der Waals surface area (Å²) in [6, 6.07) is 5.93. The van der Waals surface area contributed by atoms with E-state index in [4.69, 9.17) is 10.6 Å². The highest BCUT2D eigenvalue weighted by molar-refractivity contribution is 7.92. The summed E-state index contributed by atoms with van der Waals surface area (Å²) in [6.07, 6.45) is 0.00407. The molecule has 0 radical (unpaired) electrons. The van der Waals surface area contributed by atoms with Crippen LogP contribution in [0.1, 0.15) is 20.8 Å². The Bertz CT molecular complexity index is 537. The molecule has 1 amide bonds. The maximum atomic E-state index is 12.1. The Morgan fingerprint density at radius 1 is 1.21 bits per heavy atom. The standard InChI is InChI=1S/C12H18N2O4S/c1-8(2)18-10-4-6-11(7-5-10)19(16,17)9(3)12(15)14-13/h4-9H,13H2,1-3H3,(H,14,15)/t9-/m0/s1. The van der Waals surface area contributed by atoms with Gasteiger partial charge in [0.25, 0.3) is 5.91 Å². The second-order valence-corrected chi connectivity index (χ2v) is 6.60. The number of carbonyl (C=O) groups is 1. The average molecular weight is 286 g/mol. The smallest absolute Gasteiger partial charge is 0.252 e. The lowest BCUT2D eigenvalue weighted by molar-refractivity contribution is -0.120. The van der Waals surface area contributed by atoms with Crippen molar-refractivity contribution in [3.8, 4) is 5.75 Å². The van der Waals surface area contributed by atoms with Gasteiger partial charge >= 0.3 is 0 Å². The Balaban J connectivity index is 3.00. The van der Waals surface area contributed by atoms with Crippen molar-refractivity contribution in [2.24, 2.45) is 5.84 Å². The van der Waals surface area contributed by atoms with Crippen molar-refractivity contribution in [3.05, 3.63) is 24.3 Å². The van der Waals surface area contributed by atoms with E-state index < -0.39 is 21.0 Å². The molecule has 1 rings (SSSR count). The zero-order valence-electron chi connectivity index (χ0n) is 11.1. The van der Waals surface area contributed by atoms with Gasteiger partial charge in [0.05, 0.1) is 11.0 Å². The van der Waals surface area contributed by atoms with E-state index >= 15 is 0 Å². The molecule has 0 unspecified atom stereocenters. The second-order valence-electron chi connectivity index (χ2n) is 4.33. The van der Waals surface area contributed by atoms with Crippen LogP contribution in [0.2, 0.25) is 0 Å². The number of nitrogens with two attached hydrogens (primary N) is 1. The van der Waals surface area contributed by atoms with Gasteiger partial charge in [0.1, 0.15) is 11.0 Å². The van der Waals surface area contributed by atoms with Crippen molar-refractivity contribution < 1.29 is 17.9 Å². The van der Waals surface area contributed by atoms with Gasteiger partial charge < -0.3 is 4.74 Å². The SMILES string of the molecule is CC(C)Oc1ccc(S(=O)(=O)[C@@H](C)C(=O)NN)cc1. The molecule has 0 aliphatic rings. The fourth-order valence-electron chi connectivity index (χ4n) is 1.44. The van der Waals surface area contributed by atoms with Crippen LogP contribution in [0.25, 0.3) is 0 Å². The summed E-state index contributed by atoms with van der Waals surface area (Å²) < 4.78 is 29.6. The van der Waals surface area contributed by atoms with Crippen LogP contribution in [0.15, 0.2) is 29.2 Å². The van der Waals surface area contributed by atoms with E-state index in [1.807, 2.05) is 19.3 Å². The van der Waals surface area contributed by atoms with E-state index in [0.29, 0.717) is 5.75 Å². The number of hydrazine groups is 1. The molecule has 106 valence electrons. The third kappa shape index (κ3) is 3.68. The van der Waals surface area contributed by atoms with Crippen LogP contribution in [0.5, 0.6) is 5.75 Å². The minimum absolute atomic E-state index is 0.00407. The number of sulfone groups is 1. The molecule has 7 heteroatoms. The van der Waals surface area contributed by atoms with E-state index in [0.717, 1.165) is 0 Å². The van der Waals surface area contributed by atoms with E-state index in [-0.39, 0.29) is 11.0 Å². The third-order valence-corrected chi connectivity index (χ3v) is 4.58. The lowest BCUT2D eigenvalue weighted by atomic mass is 10.3. The van der Waals surface area contributed by atoms with Crippen molar-refractivity contribution in [1.82, 2.24) is 5.43 Å². The molecule has 3 N–H and O–H groups in total. The number of benzene rings is 1. The van der Waals surface area contributed by atoms with Crippen LogP contribution in [0.4, 0.5) is 0 Å². The van der Waals surface area contributed by atoms with Gasteiger partial charge in [0.15, 0.2) is 9.84 Å². The average Bonchev–Trinajstić information content (AvgIpc) is 2.36. The topological polar surface area (TPSA) is 98.5 Å². The van der Waals surface area contributed by atoms with Crippen LogP contribution >= 0.6 is 0 Å². The molecule has 0 bridgehead atoms. The molecule has 1 aromatic rings. The molecule has 0 saturated heterocycles. The highest BCUT2D eigenvalue weighted by Crippen LogP contribution is 2.20. The number of carbonyl (C=O) groups excluding carboxylic acids is 1. The lowest BCUT2D eigenvalue weighted by Crippen LogP contribution is -2.41. The minimum Gasteiger partial charge on any atom is -0.491 e. The van der Waals surface area contributed by atoms with E-state index in [9.17, 15) is 13.2 Å². The zero-order valence-corrected chi connectivity index (χ0v) is 11.9. The Morgan fingerprint density at radius 2 is 1.74 bits per heavy atom. The van der Waals surface area contributed by atoms with Gasteiger partial charge in [-0.25, -0.2) is 14.3 Å². The van der Waals surface area contributed by atoms with Crippen molar-refractivity contribution in [3.63, 3.8) is 0 Å². The van der Waals surface area contributed by atoms with Gasteiger partial charge in [0.2, 0.25) is 0 Å². The van der Waals surface area contributed by atoms with Gasteiger partial charge in [-0.05, 0) is 45.0 Å². The maximum Gasteiger partial charge on any atom is 0.252 e. The Hall–Kier alpha value is -1.60. The Labute approximate surface area is 112 Å². The van der Waals surface area contributed by atoms with E-state index in [1.165, 1.54) is 19.1 Å².